The number of amides is 2. The van der Waals surface area contributed by atoms with E-state index < -0.39 is 5.60 Å². The highest BCUT2D eigenvalue weighted by Gasteiger charge is 2.49. The lowest BCUT2D eigenvalue weighted by Gasteiger charge is -2.44. The van der Waals surface area contributed by atoms with Gasteiger partial charge in [-0.3, -0.25) is 15.1 Å². The van der Waals surface area contributed by atoms with Gasteiger partial charge in [-0.1, -0.05) is 32.1 Å². The molecular weight excluding hydrogens is 502 g/mol. The third kappa shape index (κ3) is 7.14. The molecule has 5 aliphatic rings. The first-order valence-corrected chi connectivity index (χ1v) is 16.4. The van der Waals surface area contributed by atoms with E-state index in [1.54, 1.807) is 0 Å². The predicted octanol–water partition coefficient (Wildman–Crippen LogP) is 5.20. The maximum atomic E-state index is 13.8. The summed E-state index contributed by atoms with van der Waals surface area (Å²) in [6.45, 7) is 7.61. The van der Waals surface area contributed by atoms with E-state index in [4.69, 9.17) is 15.9 Å². The Labute approximate surface area is 241 Å². The average Bonchev–Trinajstić information content (AvgIpc) is 3.26. The molecule has 5 rings (SSSR count). The van der Waals surface area contributed by atoms with Gasteiger partial charge in [0, 0.05) is 37.1 Å². The van der Waals surface area contributed by atoms with Gasteiger partial charge in [-0.25, -0.2) is 4.79 Å². The number of rotatable bonds is 6. The zero-order chi connectivity index (χ0) is 28.4. The summed E-state index contributed by atoms with van der Waals surface area (Å²) in [5.41, 5.74) is 5.51. The average molecular weight is 558 g/mol. The molecule has 0 spiro atoms. The highest BCUT2D eigenvalue weighted by Crippen LogP contribution is 2.47. The van der Waals surface area contributed by atoms with Crippen LogP contribution in [0.25, 0.3) is 0 Å². The maximum absolute atomic E-state index is 13.8. The van der Waals surface area contributed by atoms with Gasteiger partial charge in [-0.05, 0) is 102 Å². The Kier molecular flexibility index (Phi) is 9.33. The first-order chi connectivity index (χ1) is 19.1. The summed E-state index contributed by atoms with van der Waals surface area (Å²) in [6.07, 6.45) is 15.7. The number of alkyl carbamates (subject to hydrolysis) is 1. The van der Waals surface area contributed by atoms with Gasteiger partial charge in [0.2, 0.25) is 5.91 Å². The Balaban J connectivity index is 1.18. The van der Waals surface area contributed by atoms with Crippen molar-refractivity contribution >= 4 is 17.8 Å². The number of hydrogen-bond donors (Lipinski definition) is 4. The summed E-state index contributed by atoms with van der Waals surface area (Å²) in [5.74, 6) is 3.65. The second-order valence-electron chi connectivity index (χ2n) is 14.9. The van der Waals surface area contributed by atoms with Crippen molar-refractivity contribution < 1.29 is 14.3 Å². The zero-order valence-electron chi connectivity index (χ0n) is 25.3. The number of nitrogens with zero attached hydrogens (tertiary/aromatic N) is 1. The number of hydrogen-bond acceptors (Lipinski definition) is 5. The normalized spacial score (nSPS) is 38.5. The Morgan fingerprint density at radius 3 is 2.25 bits per heavy atom. The van der Waals surface area contributed by atoms with Gasteiger partial charge in [-0.2, -0.15) is 0 Å². The van der Waals surface area contributed by atoms with Crippen LogP contribution in [0.4, 0.5) is 4.79 Å². The van der Waals surface area contributed by atoms with Crippen molar-refractivity contribution in [1.82, 2.24) is 15.5 Å². The number of fused-ring (bicyclic) bond motifs is 2. The van der Waals surface area contributed by atoms with Gasteiger partial charge in [-0.15, -0.1) is 0 Å². The minimum absolute atomic E-state index is 0.0289. The highest BCUT2D eigenvalue weighted by atomic mass is 16.6. The first kappa shape index (κ1) is 29.7. The monoisotopic (exact) mass is 557 g/mol. The standard InChI is InChI=1S/C32H55N5O3/c1-32(2,3)40-31(39)36-24-14-12-23(13-15-24)35-30(38)27-19-37(28-17-21(29(33)34)11-16-26(27)28)18-22-9-6-8-20-7-4-5-10-25(20)22/h20-28H,4-19H2,1-3H3,(H3,33,34)(H,35,38)(H,36,39). The van der Waals surface area contributed by atoms with Gasteiger partial charge in [0.05, 0.1) is 11.8 Å². The zero-order valence-corrected chi connectivity index (χ0v) is 25.3. The van der Waals surface area contributed by atoms with Crippen LogP contribution in [-0.4, -0.2) is 59.6 Å². The molecule has 7 atom stereocenters. The molecule has 40 heavy (non-hydrogen) atoms. The lowest BCUT2D eigenvalue weighted by atomic mass is 9.65. The van der Waals surface area contributed by atoms with Crippen LogP contribution < -0.4 is 16.4 Å². The van der Waals surface area contributed by atoms with E-state index in [-0.39, 0.29) is 35.9 Å². The number of amidine groups is 1. The molecule has 0 aromatic carbocycles. The van der Waals surface area contributed by atoms with Crippen LogP contribution in [0.5, 0.6) is 0 Å². The van der Waals surface area contributed by atoms with Crippen molar-refractivity contribution in [2.24, 2.45) is 41.2 Å². The van der Waals surface area contributed by atoms with Crippen LogP contribution in [0.3, 0.4) is 0 Å². The van der Waals surface area contributed by atoms with Gasteiger partial charge in [0.15, 0.2) is 0 Å². The van der Waals surface area contributed by atoms with E-state index in [0.29, 0.717) is 17.8 Å². The Morgan fingerprint density at radius 1 is 0.875 bits per heavy atom. The minimum atomic E-state index is -0.499. The Hall–Kier alpha value is -1.83. The molecule has 8 nitrogen and oxygen atoms in total. The summed E-state index contributed by atoms with van der Waals surface area (Å²) in [5, 5.41) is 14.6. The lowest BCUT2D eigenvalue weighted by molar-refractivity contribution is -0.127. The number of carbonyl (C=O) groups is 2. The molecule has 4 aliphatic carbocycles. The molecule has 1 aliphatic heterocycles. The lowest BCUT2D eigenvalue weighted by Crippen LogP contribution is -2.47. The van der Waals surface area contributed by atoms with E-state index in [9.17, 15) is 9.59 Å². The molecule has 2 amide bonds. The van der Waals surface area contributed by atoms with E-state index in [1.165, 1.54) is 44.9 Å². The molecule has 0 aromatic rings. The third-order valence-electron chi connectivity index (χ3n) is 11.0. The van der Waals surface area contributed by atoms with Crippen molar-refractivity contribution in [3.05, 3.63) is 0 Å². The summed E-state index contributed by atoms with van der Waals surface area (Å²) in [4.78, 5) is 28.6. The number of nitrogens with two attached hydrogens (primary N) is 1. The molecule has 5 fully saturated rings. The van der Waals surface area contributed by atoms with Crippen molar-refractivity contribution in [2.45, 2.75) is 134 Å². The van der Waals surface area contributed by atoms with Crippen molar-refractivity contribution in [2.75, 3.05) is 13.1 Å². The molecule has 8 heteroatoms. The van der Waals surface area contributed by atoms with E-state index in [0.717, 1.165) is 75.8 Å². The molecule has 5 N–H and O–H groups in total. The fraction of sp³-hybridized carbons (Fsp3) is 0.906. The van der Waals surface area contributed by atoms with Crippen molar-refractivity contribution in [1.29, 1.82) is 5.41 Å². The van der Waals surface area contributed by atoms with Crippen molar-refractivity contribution in [3.63, 3.8) is 0 Å². The summed E-state index contributed by atoms with van der Waals surface area (Å²) < 4.78 is 5.42. The van der Waals surface area contributed by atoms with Gasteiger partial charge in [0.25, 0.3) is 0 Å². The number of ether oxygens (including phenoxy) is 1. The molecule has 226 valence electrons. The maximum Gasteiger partial charge on any atom is 0.407 e. The molecule has 1 saturated heterocycles. The summed E-state index contributed by atoms with van der Waals surface area (Å²) in [6, 6.07) is 0.651. The largest absolute Gasteiger partial charge is 0.444 e. The van der Waals surface area contributed by atoms with Crippen LogP contribution in [0, 0.1) is 40.9 Å². The Bertz CT molecular complexity index is 909. The van der Waals surface area contributed by atoms with Gasteiger partial charge < -0.3 is 21.1 Å². The molecule has 0 radical (unpaired) electrons. The van der Waals surface area contributed by atoms with Crippen LogP contribution in [0.1, 0.15) is 111 Å². The van der Waals surface area contributed by atoms with Gasteiger partial charge in [0.1, 0.15) is 5.60 Å². The van der Waals surface area contributed by atoms with E-state index in [1.807, 2.05) is 20.8 Å². The first-order valence-electron chi connectivity index (χ1n) is 16.4. The van der Waals surface area contributed by atoms with E-state index >= 15 is 0 Å². The topological polar surface area (TPSA) is 121 Å². The quantitative estimate of drug-likeness (QED) is 0.264. The molecule has 7 unspecified atom stereocenters. The fourth-order valence-corrected chi connectivity index (χ4v) is 9.12. The van der Waals surface area contributed by atoms with Crippen LogP contribution >= 0.6 is 0 Å². The molecule has 1 heterocycles. The van der Waals surface area contributed by atoms with Crippen LogP contribution in [-0.2, 0) is 9.53 Å². The number of nitrogens with one attached hydrogen (secondary N) is 3. The smallest absolute Gasteiger partial charge is 0.407 e. The highest BCUT2D eigenvalue weighted by molar-refractivity contribution is 5.81. The Morgan fingerprint density at radius 2 is 1.55 bits per heavy atom. The van der Waals surface area contributed by atoms with Crippen LogP contribution in [0.2, 0.25) is 0 Å². The second kappa shape index (κ2) is 12.6. The SMILES string of the molecule is CC(C)(C)OC(=O)NC1CCC(NC(=O)C2CN(CC3CCCC4CCCCC43)C3CC(C(=N)N)CCC23)CC1. The third-order valence-corrected chi connectivity index (χ3v) is 11.0. The number of carbonyl (C=O) groups excluding carboxylic acids is 2. The van der Waals surface area contributed by atoms with Gasteiger partial charge >= 0.3 is 6.09 Å². The minimum Gasteiger partial charge on any atom is -0.444 e. The summed E-state index contributed by atoms with van der Waals surface area (Å²) in [7, 11) is 0. The van der Waals surface area contributed by atoms with Crippen molar-refractivity contribution in [3.8, 4) is 0 Å². The second-order valence-corrected chi connectivity index (χ2v) is 14.9. The molecular formula is C32H55N5O3. The fourth-order valence-electron chi connectivity index (χ4n) is 9.12. The summed E-state index contributed by atoms with van der Waals surface area (Å²) >= 11 is 0. The van der Waals surface area contributed by atoms with Crippen LogP contribution in [0.15, 0.2) is 0 Å². The predicted molar refractivity (Wildman–Crippen MR) is 158 cm³/mol. The molecule has 0 bridgehead atoms. The molecule has 4 saturated carbocycles. The number of likely N-dealkylation sites (tertiary alicyclic amines) is 1. The molecule has 0 aromatic heterocycles. The van der Waals surface area contributed by atoms with E-state index in [2.05, 4.69) is 15.5 Å².